The maximum absolute atomic E-state index is 12.5. The molecule has 4 heteroatoms. The monoisotopic (exact) mass is 270 g/mol. The van der Waals surface area contributed by atoms with Crippen LogP contribution in [0.4, 0.5) is 0 Å². The molecule has 1 N–H and O–H groups in total. The Bertz CT molecular complexity index is 716. The second-order valence-corrected chi connectivity index (χ2v) is 5.59. The molecule has 3 rings (SSSR count). The summed E-state index contributed by atoms with van der Waals surface area (Å²) < 4.78 is 0. The van der Waals surface area contributed by atoms with Crippen LogP contribution in [-0.2, 0) is 0 Å². The zero-order chi connectivity index (χ0) is 14.3. The summed E-state index contributed by atoms with van der Waals surface area (Å²) in [6, 6.07) is 9.28. The zero-order valence-electron chi connectivity index (χ0n) is 11.7. The minimum atomic E-state index is -0.209. The van der Waals surface area contributed by atoms with Gasteiger partial charge in [0.15, 0.2) is 0 Å². The average molecular weight is 270 g/mol. The van der Waals surface area contributed by atoms with Crippen molar-refractivity contribution in [1.29, 1.82) is 0 Å². The van der Waals surface area contributed by atoms with Crippen molar-refractivity contribution in [3.8, 4) is 0 Å². The van der Waals surface area contributed by atoms with Crippen LogP contribution in [0.15, 0.2) is 35.1 Å². The van der Waals surface area contributed by atoms with Gasteiger partial charge in [0.05, 0.1) is 0 Å². The van der Waals surface area contributed by atoms with E-state index in [2.05, 4.69) is 11.9 Å². The molecule has 1 aliphatic carbocycles. The molecule has 0 spiro atoms. The highest BCUT2D eigenvalue weighted by molar-refractivity contribution is 5.96. The third-order valence-electron chi connectivity index (χ3n) is 4.22. The Morgan fingerprint density at radius 1 is 1.35 bits per heavy atom. The molecule has 1 heterocycles. The number of hydrogen-bond donors (Lipinski definition) is 1. The second kappa shape index (κ2) is 4.78. The van der Waals surface area contributed by atoms with Gasteiger partial charge in [-0.3, -0.25) is 9.59 Å². The molecule has 4 nitrogen and oxygen atoms in total. The molecular weight excluding hydrogens is 252 g/mol. The molecule has 1 unspecified atom stereocenters. The highest BCUT2D eigenvalue weighted by Gasteiger charge is 2.33. The highest BCUT2D eigenvalue weighted by atomic mass is 16.2. The summed E-state index contributed by atoms with van der Waals surface area (Å²) in [5.41, 5.74) is 0.155. The molecule has 104 valence electrons. The Labute approximate surface area is 117 Å². The van der Waals surface area contributed by atoms with Crippen molar-refractivity contribution in [2.75, 3.05) is 7.05 Å². The number of amides is 1. The van der Waals surface area contributed by atoms with Crippen LogP contribution in [0.25, 0.3) is 10.8 Å². The van der Waals surface area contributed by atoms with Crippen molar-refractivity contribution in [1.82, 2.24) is 9.88 Å². The first-order valence-corrected chi connectivity index (χ1v) is 6.97. The van der Waals surface area contributed by atoms with Crippen molar-refractivity contribution in [3.63, 3.8) is 0 Å². The first-order valence-electron chi connectivity index (χ1n) is 6.97. The minimum absolute atomic E-state index is 0.118. The first kappa shape index (κ1) is 12.9. The summed E-state index contributed by atoms with van der Waals surface area (Å²) in [4.78, 5) is 28.9. The Hall–Kier alpha value is -2.10. The largest absolute Gasteiger partial charge is 0.337 e. The van der Waals surface area contributed by atoms with Gasteiger partial charge >= 0.3 is 0 Å². The van der Waals surface area contributed by atoms with Crippen molar-refractivity contribution in [2.45, 2.75) is 25.8 Å². The third kappa shape index (κ3) is 2.22. The van der Waals surface area contributed by atoms with Crippen molar-refractivity contribution < 1.29 is 4.79 Å². The van der Waals surface area contributed by atoms with E-state index in [9.17, 15) is 9.59 Å². The van der Waals surface area contributed by atoms with E-state index >= 15 is 0 Å². The van der Waals surface area contributed by atoms with Crippen LogP contribution in [-0.4, -0.2) is 28.9 Å². The van der Waals surface area contributed by atoms with E-state index in [1.54, 1.807) is 24.1 Å². The maximum Gasteiger partial charge on any atom is 0.270 e. The summed E-state index contributed by atoms with van der Waals surface area (Å²) in [7, 11) is 1.80. The van der Waals surface area contributed by atoms with Crippen LogP contribution in [0.3, 0.4) is 0 Å². The number of H-pyrrole nitrogens is 1. The number of hydrogen-bond acceptors (Lipinski definition) is 2. The quantitative estimate of drug-likeness (QED) is 0.931. The van der Waals surface area contributed by atoms with E-state index in [1.807, 2.05) is 18.2 Å². The lowest BCUT2D eigenvalue weighted by Crippen LogP contribution is -2.37. The van der Waals surface area contributed by atoms with Gasteiger partial charge < -0.3 is 9.88 Å². The lowest BCUT2D eigenvalue weighted by molar-refractivity contribution is 0.0721. The second-order valence-electron chi connectivity index (χ2n) is 5.59. The van der Waals surface area contributed by atoms with Gasteiger partial charge in [0, 0.05) is 18.5 Å². The molecule has 0 radical (unpaired) electrons. The van der Waals surface area contributed by atoms with Gasteiger partial charge in [-0.1, -0.05) is 18.2 Å². The summed E-state index contributed by atoms with van der Waals surface area (Å²) in [6.07, 6.45) is 2.38. The number of carbonyl (C=O) groups excluding carboxylic acids is 1. The Morgan fingerprint density at radius 2 is 2.05 bits per heavy atom. The Kier molecular flexibility index (Phi) is 3.08. The minimum Gasteiger partial charge on any atom is -0.337 e. The first-order chi connectivity index (χ1) is 9.58. The Morgan fingerprint density at radius 3 is 2.75 bits per heavy atom. The predicted octanol–water partition coefficient (Wildman–Crippen LogP) is 2.40. The molecule has 1 aromatic carbocycles. The number of benzene rings is 1. The summed E-state index contributed by atoms with van der Waals surface area (Å²) >= 11 is 0. The fourth-order valence-corrected chi connectivity index (χ4v) is 2.60. The molecular formula is C16H18N2O2. The number of carbonyl (C=O) groups is 1. The molecule has 20 heavy (non-hydrogen) atoms. The number of nitrogens with one attached hydrogen (secondary N) is 1. The molecule has 1 amide bonds. The van der Waals surface area contributed by atoms with E-state index in [4.69, 9.17) is 0 Å². The fraction of sp³-hybridized carbons (Fsp3) is 0.375. The van der Waals surface area contributed by atoms with Crippen LogP contribution < -0.4 is 5.56 Å². The van der Waals surface area contributed by atoms with Gasteiger partial charge in [-0.05, 0) is 43.2 Å². The summed E-state index contributed by atoms with van der Waals surface area (Å²) in [5.74, 6) is 0.489. The van der Waals surface area contributed by atoms with Crippen LogP contribution >= 0.6 is 0 Å². The summed E-state index contributed by atoms with van der Waals surface area (Å²) in [5, 5.41) is 1.41. The number of rotatable bonds is 3. The highest BCUT2D eigenvalue weighted by Crippen LogP contribution is 2.35. The van der Waals surface area contributed by atoms with E-state index in [1.165, 1.54) is 12.8 Å². The Balaban J connectivity index is 1.97. The van der Waals surface area contributed by atoms with Crippen molar-refractivity contribution >= 4 is 16.7 Å². The predicted molar refractivity (Wildman–Crippen MR) is 78.8 cm³/mol. The van der Waals surface area contributed by atoms with Crippen molar-refractivity contribution in [2.24, 2.45) is 5.92 Å². The number of aromatic nitrogens is 1. The standard InChI is InChI=1S/C16H18N2O2/c1-10(11-7-8-11)18(2)16(20)14-9-12-5-3-4-6-13(12)15(19)17-14/h3-6,9-11H,7-8H2,1-2H3,(H,17,19). The number of nitrogens with zero attached hydrogens (tertiary/aromatic N) is 1. The molecule has 1 atom stereocenters. The normalized spacial score (nSPS) is 16.1. The van der Waals surface area contributed by atoms with Crippen LogP contribution in [0.5, 0.6) is 0 Å². The third-order valence-corrected chi connectivity index (χ3v) is 4.22. The number of pyridine rings is 1. The SMILES string of the molecule is CC(C1CC1)N(C)C(=O)c1cc2ccccc2c(=O)[nH]1. The number of fused-ring (bicyclic) bond motifs is 1. The molecule has 0 aliphatic heterocycles. The topological polar surface area (TPSA) is 53.2 Å². The van der Waals surface area contributed by atoms with Gasteiger partial charge in [-0.2, -0.15) is 0 Å². The van der Waals surface area contributed by atoms with Crippen LogP contribution in [0.1, 0.15) is 30.3 Å². The molecule has 1 fully saturated rings. The number of aromatic amines is 1. The molecule has 0 saturated heterocycles. The average Bonchev–Trinajstić information content (AvgIpc) is 3.29. The van der Waals surface area contributed by atoms with Crippen molar-refractivity contribution in [3.05, 3.63) is 46.4 Å². The van der Waals surface area contributed by atoms with E-state index in [0.29, 0.717) is 17.0 Å². The van der Waals surface area contributed by atoms with E-state index < -0.39 is 0 Å². The zero-order valence-corrected chi connectivity index (χ0v) is 11.7. The fourth-order valence-electron chi connectivity index (χ4n) is 2.60. The van der Waals surface area contributed by atoms with E-state index in [0.717, 1.165) is 5.39 Å². The smallest absolute Gasteiger partial charge is 0.270 e. The molecule has 2 aromatic rings. The van der Waals surface area contributed by atoms with Gasteiger partial charge in [0.25, 0.3) is 11.5 Å². The lowest BCUT2D eigenvalue weighted by atomic mass is 10.1. The van der Waals surface area contributed by atoms with Gasteiger partial charge in [-0.25, -0.2) is 0 Å². The molecule has 1 saturated carbocycles. The van der Waals surface area contributed by atoms with Gasteiger partial charge in [-0.15, -0.1) is 0 Å². The lowest BCUT2D eigenvalue weighted by Gasteiger charge is -2.24. The molecule has 1 aliphatic rings. The van der Waals surface area contributed by atoms with E-state index in [-0.39, 0.29) is 17.5 Å². The summed E-state index contributed by atoms with van der Waals surface area (Å²) in [6.45, 7) is 2.06. The maximum atomic E-state index is 12.5. The van der Waals surface area contributed by atoms with Gasteiger partial charge in [0.1, 0.15) is 5.69 Å². The molecule has 0 bridgehead atoms. The van der Waals surface area contributed by atoms with Crippen LogP contribution in [0, 0.1) is 5.92 Å². The van der Waals surface area contributed by atoms with Gasteiger partial charge in [0.2, 0.25) is 0 Å². The van der Waals surface area contributed by atoms with Crippen LogP contribution in [0.2, 0.25) is 0 Å². The molecule has 1 aromatic heterocycles.